The van der Waals surface area contributed by atoms with Gasteiger partial charge in [0.25, 0.3) is 0 Å². The van der Waals surface area contributed by atoms with Crippen LogP contribution >= 0.6 is 0 Å². The number of hydrogen-bond acceptors (Lipinski definition) is 4. The monoisotopic (exact) mass is 389 g/mol. The Balaban J connectivity index is 1.46. The highest BCUT2D eigenvalue weighted by molar-refractivity contribution is 5.92. The predicted octanol–water partition coefficient (Wildman–Crippen LogP) is 4.80. The largest absolute Gasteiger partial charge is 0.438 e. The van der Waals surface area contributed by atoms with Crippen LogP contribution < -0.4 is 15.8 Å². The number of nitrogens with one attached hydrogen (secondary N) is 1. The lowest BCUT2D eigenvalue weighted by atomic mass is 10.0. The minimum atomic E-state index is -0.501. The van der Waals surface area contributed by atoms with Crippen molar-refractivity contribution in [3.8, 4) is 11.6 Å². The summed E-state index contributed by atoms with van der Waals surface area (Å²) in [5, 5.41) is 5.83. The summed E-state index contributed by atoms with van der Waals surface area (Å²) in [6.45, 7) is 1.91. The minimum Gasteiger partial charge on any atom is -0.438 e. The van der Waals surface area contributed by atoms with Crippen LogP contribution in [0.2, 0.25) is 0 Å². The van der Waals surface area contributed by atoms with E-state index < -0.39 is 5.91 Å². The average Bonchev–Trinajstić information content (AvgIpc) is 3.25. The first-order chi connectivity index (χ1) is 14.2. The summed E-state index contributed by atoms with van der Waals surface area (Å²) in [5.41, 5.74) is 6.89. The number of carbonyl (C=O) groups is 1. The molecule has 1 heterocycles. The van der Waals surface area contributed by atoms with Crippen molar-refractivity contribution < 1.29 is 9.53 Å². The van der Waals surface area contributed by atoms with E-state index in [4.69, 9.17) is 10.5 Å². The first kappa shape index (κ1) is 19.4. The summed E-state index contributed by atoms with van der Waals surface area (Å²) < 4.78 is 5.99. The smallest absolute Gasteiger partial charge is 0.250 e. The summed E-state index contributed by atoms with van der Waals surface area (Å²) in [5.74, 6) is 1.58. The highest BCUT2D eigenvalue weighted by atomic mass is 16.5. The van der Waals surface area contributed by atoms with Gasteiger partial charge in [-0.3, -0.25) is 4.79 Å². The molecule has 0 unspecified atom stereocenters. The Morgan fingerprint density at radius 1 is 1.07 bits per heavy atom. The van der Waals surface area contributed by atoms with Gasteiger partial charge in [-0.1, -0.05) is 56.0 Å². The van der Waals surface area contributed by atoms with E-state index in [9.17, 15) is 4.79 Å². The van der Waals surface area contributed by atoms with Crippen molar-refractivity contribution in [2.45, 2.75) is 38.6 Å². The molecule has 2 aromatic carbocycles. The quantitative estimate of drug-likeness (QED) is 0.543. The van der Waals surface area contributed by atoms with Gasteiger partial charge in [0.15, 0.2) is 0 Å². The number of hydrogen-bond donors (Lipinski definition) is 2. The molecule has 0 atom stereocenters. The molecule has 0 saturated heterocycles. The molecule has 5 heteroatoms. The first-order valence-electron chi connectivity index (χ1n) is 10.4. The minimum absolute atomic E-state index is 0.362. The fraction of sp³-hybridized carbons (Fsp3) is 0.333. The molecule has 1 aliphatic carbocycles. The van der Waals surface area contributed by atoms with Gasteiger partial charge in [-0.25, -0.2) is 4.98 Å². The number of aromatic nitrogens is 1. The molecule has 1 aromatic heterocycles. The predicted molar refractivity (Wildman–Crippen MR) is 115 cm³/mol. The van der Waals surface area contributed by atoms with E-state index in [2.05, 4.69) is 34.6 Å². The molecule has 3 aromatic rings. The lowest BCUT2D eigenvalue weighted by Crippen LogP contribution is -2.17. The van der Waals surface area contributed by atoms with Crippen LogP contribution in [-0.4, -0.2) is 17.4 Å². The van der Waals surface area contributed by atoms with Crippen LogP contribution in [0.3, 0.4) is 0 Å². The van der Waals surface area contributed by atoms with Crippen molar-refractivity contribution in [2.75, 3.05) is 6.54 Å². The van der Waals surface area contributed by atoms with Crippen LogP contribution in [0.1, 0.15) is 48.0 Å². The van der Waals surface area contributed by atoms with Crippen molar-refractivity contribution in [2.24, 2.45) is 11.7 Å². The van der Waals surface area contributed by atoms with E-state index in [1.807, 2.05) is 12.1 Å². The molecular weight excluding hydrogens is 362 g/mol. The van der Waals surface area contributed by atoms with Crippen molar-refractivity contribution in [1.29, 1.82) is 0 Å². The van der Waals surface area contributed by atoms with E-state index >= 15 is 0 Å². The van der Waals surface area contributed by atoms with Gasteiger partial charge in [-0.05, 0) is 42.0 Å². The summed E-state index contributed by atoms with van der Waals surface area (Å²) in [6, 6.07) is 15.6. The van der Waals surface area contributed by atoms with Gasteiger partial charge in [-0.15, -0.1) is 0 Å². The number of rotatable bonds is 8. The van der Waals surface area contributed by atoms with E-state index in [0.717, 1.165) is 30.1 Å². The Morgan fingerprint density at radius 3 is 2.62 bits per heavy atom. The molecule has 0 radical (unpaired) electrons. The van der Waals surface area contributed by atoms with Gasteiger partial charge in [0, 0.05) is 24.2 Å². The zero-order chi connectivity index (χ0) is 20.1. The number of primary amides is 1. The van der Waals surface area contributed by atoms with Crippen LogP contribution in [0, 0.1) is 5.92 Å². The SMILES string of the molecule is NC(=O)c1ccc(Oc2cccc3c(CNCCC4CCCC4)cccc23)nc1. The first-order valence-corrected chi connectivity index (χ1v) is 10.4. The third kappa shape index (κ3) is 4.74. The number of ether oxygens (including phenoxy) is 1. The molecule has 1 aliphatic rings. The fourth-order valence-corrected chi connectivity index (χ4v) is 4.12. The van der Waals surface area contributed by atoms with Gasteiger partial charge < -0.3 is 15.8 Å². The Labute approximate surface area is 171 Å². The third-order valence-corrected chi connectivity index (χ3v) is 5.73. The van der Waals surface area contributed by atoms with E-state index in [1.165, 1.54) is 49.3 Å². The van der Waals surface area contributed by atoms with Crippen LogP contribution in [0.5, 0.6) is 11.6 Å². The molecule has 0 bridgehead atoms. The van der Waals surface area contributed by atoms with Gasteiger partial charge in [0.1, 0.15) is 5.75 Å². The molecule has 150 valence electrons. The summed E-state index contributed by atoms with van der Waals surface area (Å²) >= 11 is 0. The zero-order valence-corrected chi connectivity index (χ0v) is 16.6. The topological polar surface area (TPSA) is 77.2 Å². The number of fused-ring (bicyclic) bond motifs is 1. The van der Waals surface area contributed by atoms with Gasteiger partial charge >= 0.3 is 0 Å². The highest BCUT2D eigenvalue weighted by Gasteiger charge is 2.14. The Kier molecular flexibility index (Phi) is 6.06. The van der Waals surface area contributed by atoms with Crippen molar-refractivity contribution in [3.05, 3.63) is 65.9 Å². The molecule has 29 heavy (non-hydrogen) atoms. The Bertz CT molecular complexity index is 979. The summed E-state index contributed by atoms with van der Waals surface area (Å²) in [4.78, 5) is 15.4. The zero-order valence-electron chi connectivity index (χ0n) is 16.6. The Morgan fingerprint density at radius 2 is 1.86 bits per heavy atom. The number of carbonyl (C=O) groups excluding carboxylic acids is 1. The maximum Gasteiger partial charge on any atom is 0.250 e. The average molecular weight is 389 g/mol. The highest BCUT2D eigenvalue weighted by Crippen LogP contribution is 2.31. The standard InChI is InChI=1S/C24H27N3O2/c25-24(28)19-11-12-23(27-16-19)29-22-10-4-8-20-18(7-3-9-21(20)22)15-26-14-13-17-5-1-2-6-17/h3-4,7-12,16-17,26H,1-2,5-6,13-15H2,(H2,25,28). The number of amides is 1. The van der Waals surface area contributed by atoms with Crippen molar-refractivity contribution in [3.63, 3.8) is 0 Å². The molecule has 4 rings (SSSR count). The second-order valence-electron chi connectivity index (χ2n) is 7.74. The summed E-state index contributed by atoms with van der Waals surface area (Å²) in [7, 11) is 0. The molecule has 0 aliphatic heterocycles. The number of nitrogens with zero attached hydrogens (tertiary/aromatic N) is 1. The number of pyridine rings is 1. The maximum atomic E-state index is 11.2. The van der Waals surface area contributed by atoms with Gasteiger partial charge in [0.2, 0.25) is 11.8 Å². The van der Waals surface area contributed by atoms with Crippen molar-refractivity contribution in [1.82, 2.24) is 10.3 Å². The van der Waals surface area contributed by atoms with E-state index in [-0.39, 0.29) is 0 Å². The Hall–Kier alpha value is -2.92. The molecule has 1 amide bonds. The van der Waals surface area contributed by atoms with Crippen molar-refractivity contribution >= 4 is 16.7 Å². The van der Waals surface area contributed by atoms with Crippen LogP contribution in [0.15, 0.2) is 54.7 Å². The fourth-order valence-electron chi connectivity index (χ4n) is 4.12. The molecule has 5 nitrogen and oxygen atoms in total. The van der Waals surface area contributed by atoms with E-state index in [0.29, 0.717) is 11.4 Å². The van der Waals surface area contributed by atoms with Crippen LogP contribution in [-0.2, 0) is 6.54 Å². The summed E-state index contributed by atoms with van der Waals surface area (Å²) in [6.07, 6.45) is 8.29. The second-order valence-corrected chi connectivity index (χ2v) is 7.74. The van der Waals surface area contributed by atoms with Gasteiger partial charge in [0.05, 0.1) is 5.56 Å². The van der Waals surface area contributed by atoms with Crippen LogP contribution in [0.4, 0.5) is 0 Å². The van der Waals surface area contributed by atoms with E-state index in [1.54, 1.807) is 12.1 Å². The molecule has 1 saturated carbocycles. The lowest BCUT2D eigenvalue weighted by molar-refractivity contribution is 0.1000. The third-order valence-electron chi connectivity index (χ3n) is 5.73. The van der Waals surface area contributed by atoms with Crippen LogP contribution in [0.25, 0.3) is 10.8 Å². The molecule has 3 N–H and O–H groups in total. The normalized spacial score (nSPS) is 14.3. The number of benzene rings is 2. The lowest BCUT2D eigenvalue weighted by Gasteiger charge is -2.13. The second kappa shape index (κ2) is 9.05. The maximum absolute atomic E-state index is 11.2. The van der Waals surface area contributed by atoms with Gasteiger partial charge in [-0.2, -0.15) is 0 Å². The molecule has 0 spiro atoms. The molecular formula is C24H27N3O2. The molecule has 1 fully saturated rings. The number of nitrogens with two attached hydrogens (primary N) is 1.